The van der Waals surface area contributed by atoms with Crippen LogP contribution in [0.4, 0.5) is 8.78 Å². The Bertz CT molecular complexity index is 671. The number of alkyl halides is 2. The van der Waals surface area contributed by atoms with Gasteiger partial charge in [-0.25, -0.2) is 4.79 Å². The number of benzene rings is 2. The second kappa shape index (κ2) is 6.43. The fraction of sp³-hybridized carbons (Fsp3) is 0.188. The molecule has 0 spiro atoms. The monoisotopic (exact) mass is 308 g/mol. The summed E-state index contributed by atoms with van der Waals surface area (Å²) in [6, 6.07) is 11.2. The summed E-state index contributed by atoms with van der Waals surface area (Å²) in [6.45, 7) is 0. The highest BCUT2D eigenvalue weighted by Crippen LogP contribution is 2.37. The van der Waals surface area contributed by atoms with Gasteiger partial charge in [0.05, 0.1) is 25.3 Å². The number of hydrogen-bond donors (Lipinski definition) is 0. The van der Waals surface area contributed by atoms with E-state index in [1.165, 1.54) is 37.4 Å². The predicted molar refractivity (Wildman–Crippen MR) is 75.3 cm³/mol. The highest BCUT2D eigenvalue weighted by Gasteiger charge is 2.39. The fourth-order valence-corrected chi connectivity index (χ4v) is 1.92. The number of halogens is 2. The van der Waals surface area contributed by atoms with Gasteiger partial charge in [0.15, 0.2) is 11.5 Å². The minimum atomic E-state index is -3.72. The number of carbonyl (C=O) groups excluding carboxylic acids is 1. The Kier molecular flexibility index (Phi) is 4.60. The third kappa shape index (κ3) is 3.16. The van der Waals surface area contributed by atoms with Crippen molar-refractivity contribution in [2.75, 3.05) is 14.2 Å². The summed E-state index contributed by atoms with van der Waals surface area (Å²) in [5.74, 6) is -0.828. The molecule has 0 N–H and O–H groups in total. The first kappa shape index (κ1) is 15.8. The Morgan fingerprint density at radius 1 is 0.955 bits per heavy atom. The van der Waals surface area contributed by atoms with Crippen LogP contribution in [0.25, 0.3) is 0 Å². The Morgan fingerprint density at radius 3 is 2.18 bits per heavy atom. The molecular weight excluding hydrogens is 294 g/mol. The highest BCUT2D eigenvalue weighted by molar-refractivity contribution is 5.91. The molecule has 0 aliphatic heterocycles. The molecule has 2 aromatic carbocycles. The number of para-hydroxylation sites is 2. The highest BCUT2D eigenvalue weighted by atomic mass is 19.3. The van der Waals surface area contributed by atoms with Gasteiger partial charge in [0.2, 0.25) is 0 Å². The van der Waals surface area contributed by atoms with Crippen molar-refractivity contribution in [3.63, 3.8) is 0 Å². The van der Waals surface area contributed by atoms with E-state index in [0.717, 1.165) is 13.2 Å². The van der Waals surface area contributed by atoms with E-state index in [-0.39, 0.29) is 17.1 Å². The van der Waals surface area contributed by atoms with Crippen LogP contribution in [0.2, 0.25) is 0 Å². The van der Waals surface area contributed by atoms with Crippen LogP contribution in [0.5, 0.6) is 11.5 Å². The van der Waals surface area contributed by atoms with Crippen LogP contribution in [0.1, 0.15) is 15.9 Å². The number of rotatable bonds is 5. The molecule has 0 amide bonds. The molecule has 0 saturated heterocycles. The second-order valence-corrected chi connectivity index (χ2v) is 4.31. The van der Waals surface area contributed by atoms with Gasteiger partial charge < -0.3 is 14.2 Å². The number of methoxy groups -OCH3 is 2. The third-order valence-corrected chi connectivity index (χ3v) is 2.95. The van der Waals surface area contributed by atoms with Gasteiger partial charge in [-0.05, 0) is 24.3 Å². The standard InChI is InChI=1S/C16H14F2O4/c1-20-13-9-5-6-10-14(13)22-16(17,18)12-8-4-3-7-11(12)15(19)21-2/h3-10H,1-2H3. The van der Waals surface area contributed by atoms with Crippen molar-refractivity contribution < 1.29 is 27.8 Å². The number of ether oxygens (including phenoxy) is 3. The van der Waals surface area contributed by atoms with Crippen molar-refractivity contribution in [3.05, 3.63) is 59.7 Å². The first-order chi connectivity index (χ1) is 10.5. The summed E-state index contributed by atoms with van der Waals surface area (Å²) >= 11 is 0. The van der Waals surface area contributed by atoms with Gasteiger partial charge in [0, 0.05) is 0 Å². The molecule has 0 unspecified atom stereocenters. The molecule has 0 saturated carbocycles. The van der Waals surface area contributed by atoms with E-state index in [1.54, 1.807) is 12.1 Å². The van der Waals surface area contributed by atoms with E-state index < -0.39 is 17.6 Å². The molecule has 0 heterocycles. The van der Waals surface area contributed by atoms with Gasteiger partial charge in [-0.1, -0.05) is 24.3 Å². The summed E-state index contributed by atoms with van der Waals surface area (Å²) in [5.41, 5.74) is -0.836. The van der Waals surface area contributed by atoms with Crippen molar-refractivity contribution in [2.45, 2.75) is 6.11 Å². The van der Waals surface area contributed by atoms with Crippen LogP contribution in [0.15, 0.2) is 48.5 Å². The van der Waals surface area contributed by atoms with Gasteiger partial charge in [0.1, 0.15) is 0 Å². The van der Waals surface area contributed by atoms with E-state index in [2.05, 4.69) is 4.74 Å². The van der Waals surface area contributed by atoms with E-state index in [1.807, 2.05) is 0 Å². The van der Waals surface area contributed by atoms with E-state index >= 15 is 0 Å². The lowest BCUT2D eigenvalue weighted by Crippen LogP contribution is -2.25. The molecule has 6 heteroatoms. The topological polar surface area (TPSA) is 44.8 Å². The fourth-order valence-electron chi connectivity index (χ4n) is 1.92. The quantitative estimate of drug-likeness (QED) is 0.792. The van der Waals surface area contributed by atoms with Gasteiger partial charge >= 0.3 is 12.1 Å². The molecule has 2 rings (SSSR count). The Balaban J connectivity index is 2.41. The lowest BCUT2D eigenvalue weighted by atomic mass is 10.1. The number of esters is 1. The Hall–Kier alpha value is -2.63. The molecule has 22 heavy (non-hydrogen) atoms. The van der Waals surface area contributed by atoms with Crippen molar-refractivity contribution in [1.29, 1.82) is 0 Å². The zero-order valence-corrected chi connectivity index (χ0v) is 12.0. The number of carbonyl (C=O) groups is 1. The zero-order chi connectivity index (χ0) is 16.2. The molecular formula is C16H14F2O4. The summed E-state index contributed by atoms with van der Waals surface area (Å²) < 4.78 is 43.1. The molecule has 0 fully saturated rings. The van der Waals surface area contributed by atoms with Crippen molar-refractivity contribution in [1.82, 2.24) is 0 Å². The van der Waals surface area contributed by atoms with Gasteiger partial charge in [-0.2, -0.15) is 8.78 Å². The van der Waals surface area contributed by atoms with Crippen LogP contribution in [-0.2, 0) is 10.8 Å². The maximum Gasteiger partial charge on any atom is 0.427 e. The summed E-state index contributed by atoms with van der Waals surface area (Å²) in [5, 5.41) is 0. The smallest absolute Gasteiger partial charge is 0.427 e. The Morgan fingerprint density at radius 2 is 1.55 bits per heavy atom. The van der Waals surface area contributed by atoms with Crippen LogP contribution in [-0.4, -0.2) is 20.2 Å². The minimum absolute atomic E-state index is 0.130. The largest absolute Gasteiger partial charge is 0.493 e. The van der Waals surface area contributed by atoms with Gasteiger partial charge in [0.25, 0.3) is 0 Å². The van der Waals surface area contributed by atoms with Gasteiger partial charge in [-0.15, -0.1) is 0 Å². The normalized spacial score (nSPS) is 10.9. The molecule has 2 aromatic rings. The summed E-state index contributed by atoms with van der Waals surface area (Å²) in [4.78, 5) is 11.6. The first-order valence-electron chi connectivity index (χ1n) is 6.37. The molecule has 116 valence electrons. The van der Waals surface area contributed by atoms with Crippen LogP contribution in [0, 0.1) is 0 Å². The SMILES string of the molecule is COC(=O)c1ccccc1C(F)(F)Oc1ccccc1OC. The predicted octanol–water partition coefficient (Wildman–Crippen LogP) is 3.61. The lowest BCUT2D eigenvalue weighted by molar-refractivity contribution is -0.186. The maximum atomic E-state index is 14.4. The number of hydrogen-bond acceptors (Lipinski definition) is 4. The third-order valence-electron chi connectivity index (χ3n) is 2.95. The average molecular weight is 308 g/mol. The zero-order valence-electron chi connectivity index (χ0n) is 12.0. The minimum Gasteiger partial charge on any atom is -0.493 e. The van der Waals surface area contributed by atoms with Crippen LogP contribution in [0.3, 0.4) is 0 Å². The molecule has 0 aliphatic rings. The van der Waals surface area contributed by atoms with E-state index in [0.29, 0.717) is 0 Å². The lowest BCUT2D eigenvalue weighted by Gasteiger charge is -2.21. The first-order valence-corrected chi connectivity index (χ1v) is 6.37. The van der Waals surface area contributed by atoms with Crippen molar-refractivity contribution >= 4 is 5.97 Å². The van der Waals surface area contributed by atoms with Crippen LogP contribution < -0.4 is 9.47 Å². The van der Waals surface area contributed by atoms with E-state index in [9.17, 15) is 13.6 Å². The average Bonchev–Trinajstić information content (AvgIpc) is 2.54. The molecule has 0 aromatic heterocycles. The molecule has 0 radical (unpaired) electrons. The van der Waals surface area contributed by atoms with Gasteiger partial charge in [-0.3, -0.25) is 0 Å². The van der Waals surface area contributed by atoms with Crippen molar-refractivity contribution in [2.24, 2.45) is 0 Å². The van der Waals surface area contributed by atoms with Crippen molar-refractivity contribution in [3.8, 4) is 11.5 Å². The van der Waals surface area contributed by atoms with E-state index in [4.69, 9.17) is 9.47 Å². The Labute approximate surface area is 126 Å². The molecule has 0 atom stereocenters. The summed E-state index contributed by atoms with van der Waals surface area (Å²) in [6.07, 6.45) is -3.72. The molecule has 0 bridgehead atoms. The summed E-state index contributed by atoms with van der Waals surface area (Å²) in [7, 11) is 2.47. The molecule has 4 nitrogen and oxygen atoms in total. The second-order valence-electron chi connectivity index (χ2n) is 4.31. The van der Waals surface area contributed by atoms with Crippen LogP contribution >= 0.6 is 0 Å². The maximum absolute atomic E-state index is 14.4. The molecule has 0 aliphatic carbocycles.